The predicted octanol–water partition coefficient (Wildman–Crippen LogP) is 2.59. The Bertz CT molecular complexity index is 271. The highest BCUT2D eigenvalue weighted by Gasteiger charge is 2.35. The highest BCUT2D eigenvalue weighted by Crippen LogP contribution is 2.31. The third kappa shape index (κ3) is 2.00. The first-order chi connectivity index (χ1) is 5.41. The molecular formula is C6H7BrF2N2O. The molecule has 6 heteroatoms. The molecule has 0 radical (unpaired) electrons. The molecule has 0 aromatic carbocycles. The van der Waals surface area contributed by atoms with E-state index >= 15 is 0 Å². The van der Waals surface area contributed by atoms with E-state index in [4.69, 9.17) is 4.42 Å². The number of hydrogen-bond donors (Lipinski definition) is 0. The summed E-state index contributed by atoms with van der Waals surface area (Å²) in [5.74, 6) is -3.96. The van der Waals surface area contributed by atoms with Gasteiger partial charge in [0.1, 0.15) is 0 Å². The Balaban J connectivity index is 2.85. The van der Waals surface area contributed by atoms with E-state index in [1.165, 1.54) is 6.92 Å². The molecule has 0 spiro atoms. The zero-order valence-electron chi connectivity index (χ0n) is 6.51. The molecule has 1 atom stereocenters. The van der Waals surface area contributed by atoms with Gasteiger partial charge >= 0.3 is 0 Å². The summed E-state index contributed by atoms with van der Waals surface area (Å²) in [6.07, 6.45) is 0. The van der Waals surface area contributed by atoms with Crippen molar-refractivity contribution < 1.29 is 13.2 Å². The molecule has 3 nitrogen and oxygen atoms in total. The summed E-state index contributed by atoms with van der Waals surface area (Å²) < 4.78 is 30.1. The second-order valence-corrected chi connectivity index (χ2v) is 3.25. The van der Waals surface area contributed by atoms with Gasteiger partial charge in [0, 0.05) is 22.9 Å². The van der Waals surface area contributed by atoms with Crippen LogP contribution in [0.4, 0.5) is 8.78 Å². The lowest BCUT2D eigenvalue weighted by molar-refractivity contribution is -0.0102. The second kappa shape index (κ2) is 3.08. The Hall–Kier alpha value is -0.520. The third-order valence-corrected chi connectivity index (χ3v) is 1.87. The average molecular weight is 241 g/mol. The maximum absolute atomic E-state index is 12.7. The van der Waals surface area contributed by atoms with Crippen molar-refractivity contribution in [3.8, 4) is 0 Å². The standard InChI is InChI=1S/C6H7BrF2N2O/c1-3(6(2,8)9)4-10-11-5(7)12-4/h3H,1-2H3. The fourth-order valence-corrected chi connectivity index (χ4v) is 0.853. The topological polar surface area (TPSA) is 38.9 Å². The van der Waals surface area contributed by atoms with Crippen LogP contribution in [0.1, 0.15) is 25.7 Å². The Morgan fingerprint density at radius 2 is 2.08 bits per heavy atom. The number of hydrogen-bond acceptors (Lipinski definition) is 3. The molecule has 0 saturated heterocycles. The van der Waals surface area contributed by atoms with Crippen LogP contribution in [0, 0.1) is 0 Å². The van der Waals surface area contributed by atoms with Crippen LogP contribution in [0.25, 0.3) is 0 Å². The zero-order valence-corrected chi connectivity index (χ0v) is 8.10. The van der Waals surface area contributed by atoms with Gasteiger partial charge < -0.3 is 4.42 Å². The van der Waals surface area contributed by atoms with E-state index < -0.39 is 11.8 Å². The molecule has 0 N–H and O–H groups in total. The minimum absolute atomic E-state index is 0.0608. The third-order valence-electron chi connectivity index (χ3n) is 1.55. The van der Waals surface area contributed by atoms with Gasteiger partial charge in [-0.15, -0.1) is 10.2 Å². The Labute approximate surface area is 76.3 Å². The molecule has 1 heterocycles. The van der Waals surface area contributed by atoms with Gasteiger partial charge in [0.25, 0.3) is 10.7 Å². The van der Waals surface area contributed by atoms with Crippen molar-refractivity contribution in [3.63, 3.8) is 0 Å². The Kier molecular flexibility index (Phi) is 2.46. The van der Waals surface area contributed by atoms with Crippen molar-refractivity contribution >= 4 is 15.9 Å². The van der Waals surface area contributed by atoms with Crippen molar-refractivity contribution in [3.05, 3.63) is 10.7 Å². The van der Waals surface area contributed by atoms with Crippen LogP contribution in [-0.2, 0) is 0 Å². The smallest absolute Gasteiger partial charge is 0.284 e. The molecular weight excluding hydrogens is 234 g/mol. The monoisotopic (exact) mass is 240 g/mol. The Morgan fingerprint density at radius 3 is 2.42 bits per heavy atom. The first kappa shape index (κ1) is 9.57. The summed E-state index contributed by atoms with van der Waals surface area (Å²) >= 11 is 2.88. The molecule has 0 bridgehead atoms. The molecule has 1 unspecified atom stereocenters. The molecule has 1 rings (SSSR count). The number of nitrogens with zero attached hydrogens (tertiary/aromatic N) is 2. The maximum Gasteiger partial charge on any atom is 0.284 e. The van der Waals surface area contributed by atoms with Crippen molar-refractivity contribution in [2.75, 3.05) is 0 Å². The number of alkyl halides is 2. The van der Waals surface area contributed by atoms with Crippen LogP contribution in [0.5, 0.6) is 0 Å². The molecule has 0 fully saturated rings. The van der Waals surface area contributed by atoms with E-state index in [1.54, 1.807) is 0 Å². The lowest BCUT2D eigenvalue weighted by Gasteiger charge is -2.14. The van der Waals surface area contributed by atoms with Crippen molar-refractivity contribution in [2.24, 2.45) is 0 Å². The van der Waals surface area contributed by atoms with Crippen molar-refractivity contribution in [1.82, 2.24) is 10.2 Å². The van der Waals surface area contributed by atoms with E-state index in [1.807, 2.05) is 0 Å². The minimum atomic E-state index is -2.84. The van der Waals surface area contributed by atoms with Crippen molar-refractivity contribution in [2.45, 2.75) is 25.7 Å². The summed E-state index contributed by atoms with van der Waals surface area (Å²) in [4.78, 5) is 0.119. The molecule has 0 aliphatic heterocycles. The van der Waals surface area contributed by atoms with Crippen LogP contribution in [0.3, 0.4) is 0 Å². The van der Waals surface area contributed by atoms with Crippen LogP contribution in [-0.4, -0.2) is 16.1 Å². The summed E-state index contributed by atoms with van der Waals surface area (Å²) in [5, 5.41) is 6.86. The molecule has 0 aliphatic rings. The fraction of sp³-hybridized carbons (Fsp3) is 0.667. The maximum atomic E-state index is 12.7. The molecule has 1 aromatic heterocycles. The molecule has 0 saturated carbocycles. The molecule has 0 amide bonds. The van der Waals surface area contributed by atoms with Gasteiger partial charge in [0.2, 0.25) is 5.89 Å². The molecule has 1 aromatic rings. The minimum Gasteiger partial charge on any atom is -0.415 e. The van der Waals surface area contributed by atoms with Gasteiger partial charge in [-0.05, 0) is 6.92 Å². The van der Waals surface area contributed by atoms with Crippen LogP contribution in [0.15, 0.2) is 9.22 Å². The highest BCUT2D eigenvalue weighted by atomic mass is 79.9. The van der Waals surface area contributed by atoms with Gasteiger partial charge in [-0.25, -0.2) is 8.78 Å². The van der Waals surface area contributed by atoms with E-state index in [-0.39, 0.29) is 10.7 Å². The van der Waals surface area contributed by atoms with Gasteiger partial charge in [-0.3, -0.25) is 0 Å². The highest BCUT2D eigenvalue weighted by molar-refractivity contribution is 9.10. The predicted molar refractivity (Wildman–Crippen MR) is 41.0 cm³/mol. The summed E-state index contributed by atoms with van der Waals surface area (Å²) in [6, 6.07) is 0. The summed E-state index contributed by atoms with van der Waals surface area (Å²) in [6.45, 7) is 2.15. The van der Waals surface area contributed by atoms with Crippen LogP contribution in [0.2, 0.25) is 0 Å². The molecule has 68 valence electrons. The van der Waals surface area contributed by atoms with Crippen molar-refractivity contribution in [1.29, 1.82) is 0 Å². The zero-order chi connectivity index (χ0) is 9.35. The fourth-order valence-electron chi connectivity index (χ4n) is 0.608. The Morgan fingerprint density at radius 1 is 1.50 bits per heavy atom. The number of rotatable bonds is 2. The van der Waals surface area contributed by atoms with E-state index in [0.717, 1.165) is 6.92 Å². The van der Waals surface area contributed by atoms with Gasteiger partial charge in [-0.2, -0.15) is 0 Å². The van der Waals surface area contributed by atoms with Gasteiger partial charge in [-0.1, -0.05) is 0 Å². The molecule has 12 heavy (non-hydrogen) atoms. The second-order valence-electron chi connectivity index (χ2n) is 2.57. The summed E-state index contributed by atoms with van der Waals surface area (Å²) in [7, 11) is 0. The normalized spacial score (nSPS) is 14.8. The average Bonchev–Trinajstić information content (AvgIpc) is 2.32. The van der Waals surface area contributed by atoms with E-state index in [9.17, 15) is 8.78 Å². The lowest BCUT2D eigenvalue weighted by atomic mass is 10.1. The quantitative estimate of drug-likeness (QED) is 0.798. The van der Waals surface area contributed by atoms with E-state index in [0.29, 0.717) is 0 Å². The number of aromatic nitrogens is 2. The lowest BCUT2D eigenvalue weighted by Crippen LogP contribution is -2.19. The van der Waals surface area contributed by atoms with Gasteiger partial charge in [0.15, 0.2) is 0 Å². The summed E-state index contributed by atoms with van der Waals surface area (Å²) in [5.41, 5.74) is 0. The number of halogens is 3. The van der Waals surface area contributed by atoms with Crippen LogP contribution >= 0.6 is 15.9 Å². The molecule has 0 aliphatic carbocycles. The van der Waals surface area contributed by atoms with Gasteiger partial charge in [0.05, 0.1) is 5.92 Å². The first-order valence-electron chi connectivity index (χ1n) is 3.28. The van der Waals surface area contributed by atoms with E-state index in [2.05, 4.69) is 26.1 Å². The largest absolute Gasteiger partial charge is 0.415 e. The first-order valence-corrected chi connectivity index (χ1v) is 4.07. The SMILES string of the molecule is CC(c1nnc(Br)o1)C(C)(F)F. The van der Waals surface area contributed by atoms with Crippen LogP contribution < -0.4 is 0 Å².